The molecule has 140 valence electrons. The molecule has 0 saturated heterocycles. The van der Waals surface area contributed by atoms with Crippen molar-refractivity contribution in [3.8, 4) is 0 Å². The van der Waals surface area contributed by atoms with Crippen molar-refractivity contribution in [2.75, 3.05) is 11.9 Å². The number of aromatic amines is 1. The fraction of sp³-hybridized carbons (Fsp3) is 0.0870. The standard InChI is InChI=1S/C23H20ClN3O/c24-17-6-5-7-18(14-17)27-22-11-4-2-9-20(22)23(28)25-13-12-16-15-26-21-10-3-1-8-19(16)21/h1-11,14-15,26-27H,12-13H2,(H,25,28). The second-order valence-corrected chi connectivity index (χ2v) is 6.98. The van der Waals surface area contributed by atoms with E-state index in [0.29, 0.717) is 17.1 Å². The van der Waals surface area contributed by atoms with E-state index < -0.39 is 0 Å². The monoisotopic (exact) mass is 389 g/mol. The number of nitrogens with one attached hydrogen (secondary N) is 3. The van der Waals surface area contributed by atoms with Gasteiger partial charge in [0.25, 0.3) is 5.91 Å². The summed E-state index contributed by atoms with van der Waals surface area (Å²) in [5.74, 6) is -0.107. The highest BCUT2D eigenvalue weighted by molar-refractivity contribution is 6.30. The third kappa shape index (κ3) is 4.02. The van der Waals surface area contributed by atoms with Gasteiger partial charge in [-0.25, -0.2) is 0 Å². The average Bonchev–Trinajstić information content (AvgIpc) is 3.12. The molecule has 1 heterocycles. The number of amides is 1. The number of hydrogen-bond donors (Lipinski definition) is 3. The number of H-pyrrole nitrogens is 1. The van der Waals surface area contributed by atoms with Crippen LogP contribution in [-0.4, -0.2) is 17.4 Å². The number of hydrogen-bond acceptors (Lipinski definition) is 2. The molecule has 28 heavy (non-hydrogen) atoms. The van der Waals surface area contributed by atoms with Crippen LogP contribution in [0.3, 0.4) is 0 Å². The van der Waals surface area contributed by atoms with E-state index in [-0.39, 0.29) is 5.91 Å². The zero-order valence-electron chi connectivity index (χ0n) is 15.2. The molecule has 0 aliphatic heterocycles. The summed E-state index contributed by atoms with van der Waals surface area (Å²) >= 11 is 6.05. The maximum Gasteiger partial charge on any atom is 0.253 e. The van der Waals surface area contributed by atoms with Crippen molar-refractivity contribution in [1.29, 1.82) is 0 Å². The van der Waals surface area contributed by atoms with Gasteiger partial charge in [0.05, 0.1) is 11.3 Å². The summed E-state index contributed by atoms with van der Waals surface area (Å²) in [4.78, 5) is 16.0. The maximum atomic E-state index is 12.7. The molecule has 1 aromatic heterocycles. The number of carbonyl (C=O) groups excluding carboxylic acids is 1. The molecule has 1 amide bonds. The molecule has 0 aliphatic carbocycles. The first kappa shape index (κ1) is 18.1. The molecule has 0 bridgehead atoms. The van der Waals surface area contributed by atoms with Gasteiger partial charge in [-0.1, -0.05) is 48.0 Å². The predicted molar refractivity (Wildman–Crippen MR) is 116 cm³/mol. The van der Waals surface area contributed by atoms with E-state index in [1.807, 2.05) is 66.9 Å². The largest absolute Gasteiger partial charge is 0.361 e. The average molecular weight is 390 g/mol. The smallest absolute Gasteiger partial charge is 0.253 e. The van der Waals surface area contributed by atoms with Crippen molar-refractivity contribution in [3.05, 3.63) is 95.1 Å². The van der Waals surface area contributed by atoms with E-state index in [0.717, 1.165) is 23.3 Å². The van der Waals surface area contributed by atoms with Gasteiger partial charge in [0.1, 0.15) is 0 Å². The maximum absolute atomic E-state index is 12.7. The second kappa shape index (κ2) is 8.19. The molecule has 3 aromatic carbocycles. The minimum atomic E-state index is -0.107. The van der Waals surface area contributed by atoms with Gasteiger partial charge in [0, 0.05) is 34.4 Å². The van der Waals surface area contributed by atoms with Crippen molar-refractivity contribution in [1.82, 2.24) is 10.3 Å². The number of rotatable bonds is 6. The van der Waals surface area contributed by atoms with Gasteiger partial charge in [-0.15, -0.1) is 0 Å². The van der Waals surface area contributed by atoms with E-state index in [1.54, 1.807) is 0 Å². The minimum Gasteiger partial charge on any atom is -0.361 e. The van der Waals surface area contributed by atoms with Crippen LogP contribution in [-0.2, 0) is 6.42 Å². The number of anilines is 2. The summed E-state index contributed by atoms with van der Waals surface area (Å²) in [6.45, 7) is 0.562. The summed E-state index contributed by atoms with van der Waals surface area (Å²) in [6.07, 6.45) is 2.77. The van der Waals surface area contributed by atoms with Crippen LogP contribution in [0, 0.1) is 0 Å². The lowest BCUT2D eigenvalue weighted by Gasteiger charge is -2.12. The Kier molecular flexibility index (Phi) is 5.31. The number of para-hydroxylation sites is 2. The van der Waals surface area contributed by atoms with Crippen LogP contribution in [0.25, 0.3) is 10.9 Å². The van der Waals surface area contributed by atoms with Crippen molar-refractivity contribution in [2.45, 2.75) is 6.42 Å². The van der Waals surface area contributed by atoms with Crippen molar-refractivity contribution in [3.63, 3.8) is 0 Å². The highest BCUT2D eigenvalue weighted by Gasteiger charge is 2.11. The highest BCUT2D eigenvalue weighted by atomic mass is 35.5. The summed E-state index contributed by atoms with van der Waals surface area (Å²) in [5, 5.41) is 8.13. The first-order valence-electron chi connectivity index (χ1n) is 9.15. The number of halogens is 1. The number of carbonyl (C=O) groups is 1. The molecule has 4 aromatic rings. The number of benzene rings is 3. The van der Waals surface area contributed by atoms with E-state index in [1.165, 1.54) is 10.9 Å². The van der Waals surface area contributed by atoms with E-state index >= 15 is 0 Å². The van der Waals surface area contributed by atoms with Gasteiger partial charge < -0.3 is 15.6 Å². The molecule has 0 radical (unpaired) electrons. The first-order chi connectivity index (χ1) is 13.7. The second-order valence-electron chi connectivity index (χ2n) is 6.55. The Labute approximate surface area is 168 Å². The van der Waals surface area contributed by atoms with Gasteiger partial charge in [-0.3, -0.25) is 4.79 Å². The Morgan fingerprint density at radius 3 is 2.68 bits per heavy atom. The van der Waals surface area contributed by atoms with Crippen LogP contribution in [0.1, 0.15) is 15.9 Å². The van der Waals surface area contributed by atoms with Crippen molar-refractivity contribution >= 4 is 39.8 Å². The van der Waals surface area contributed by atoms with Crippen LogP contribution in [0.2, 0.25) is 5.02 Å². The summed E-state index contributed by atoms with van der Waals surface area (Å²) in [6, 6.07) is 23.1. The third-order valence-electron chi connectivity index (χ3n) is 4.63. The molecule has 0 fully saturated rings. The molecule has 0 aliphatic rings. The lowest BCUT2D eigenvalue weighted by atomic mass is 10.1. The summed E-state index contributed by atoms with van der Waals surface area (Å²) in [5.41, 5.74) is 4.49. The van der Waals surface area contributed by atoms with Gasteiger partial charge >= 0.3 is 0 Å². The molecule has 5 heteroatoms. The quantitative estimate of drug-likeness (QED) is 0.405. The van der Waals surface area contributed by atoms with E-state index in [4.69, 9.17) is 11.6 Å². The molecule has 0 atom stereocenters. The lowest BCUT2D eigenvalue weighted by Crippen LogP contribution is -2.26. The first-order valence-corrected chi connectivity index (χ1v) is 9.53. The molecule has 4 rings (SSSR count). The summed E-state index contributed by atoms with van der Waals surface area (Å²) in [7, 11) is 0. The zero-order chi connectivity index (χ0) is 19.3. The molecule has 3 N–H and O–H groups in total. The normalized spacial score (nSPS) is 10.8. The number of aromatic nitrogens is 1. The van der Waals surface area contributed by atoms with E-state index in [9.17, 15) is 4.79 Å². The van der Waals surface area contributed by atoms with Crippen LogP contribution < -0.4 is 10.6 Å². The van der Waals surface area contributed by atoms with Crippen molar-refractivity contribution in [2.24, 2.45) is 0 Å². The van der Waals surface area contributed by atoms with Gasteiger partial charge in [-0.05, 0) is 48.4 Å². The number of fused-ring (bicyclic) bond motifs is 1. The Hall–Kier alpha value is -3.24. The molecule has 0 spiro atoms. The zero-order valence-corrected chi connectivity index (χ0v) is 16.0. The Balaban J connectivity index is 1.43. The molecule has 4 nitrogen and oxygen atoms in total. The fourth-order valence-corrected chi connectivity index (χ4v) is 3.45. The molecule has 0 saturated carbocycles. The Bertz CT molecular complexity index is 1120. The molecule has 0 unspecified atom stereocenters. The SMILES string of the molecule is O=C(NCCc1c[nH]c2ccccc12)c1ccccc1Nc1cccc(Cl)c1. The highest BCUT2D eigenvalue weighted by Crippen LogP contribution is 2.23. The fourth-order valence-electron chi connectivity index (χ4n) is 3.26. The Morgan fingerprint density at radius 2 is 1.79 bits per heavy atom. The lowest BCUT2D eigenvalue weighted by molar-refractivity contribution is 0.0955. The van der Waals surface area contributed by atoms with Gasteiger partial charge in [0.15, 0.2) is 0 Å². The Morgan fingerprint density at radius 1 is 0.964 bits per heavy atom. The van der Waals surface area contributed by atoms with Gasteiger partial charge in [-0.2, -0.15) is 0 Å². The molecular weight excluding hydrogens is 370 g/mol. The van der Waals surface area contributed by atoms with Crippen molar-refractivity contribution < 1.29 is 4.79 Å². The topological polar surface area (TPSA) is 56.9 Å². The van der Waals surface area contributed by atoms with Crippen LogP contribution in [0.5, 0.6) is 0 Å². The van der Waals surface area contributed by atoms with Gasteiger partial charge in [0.2, 0.25) is 0 Å². The summed E-state index contributed by atoms with van der Waals surface area (Å²) < 4.78 is 0. The van der Waals surface area contributed by atoms with Crippen LogP contribution in [0.15, 0.2) is 79.0 Å². The van der Waals surface area contributed by atoms with Crippen LogP contribution >= 0.6 is 11.6 Å². The molecular formula is C23H20ClN3O. The van der Waals surface area contributed by atoms with E-state index in [2.05, 4.69) is 27.8 Å². The predicted octanol–water partition coefficient (Wildman–Crippen LogP) is 5.54. The minimum absolute atomic E-state index is 0.107. The third-order valence-corrected chi connectivity index (χ3v) is 4.87. The van der Waals surface area contributed by atoms with Crippen LogP contribution in [0.4, 0.5) is 11.4 Å².